The van der Waals surface area contributed by atoms with E-state index in [-0.39, 0.29) is 23.8 Å². The molecule has 1 saturated carbocycles. The Labute approximate surface area is 176 Å². The summed E-state index contributed by atoms with van der Waals surface area (Å²) in [5.74, 6) is -0.540. The van der Waals surface area contributed by atoms with Crippen LogP contribution < -0.4 is 5.32 Å². The van der Waals surface area contributed by atoms with E-state index >= 15 is 0 Å². The second-order valence-electron chi connectivity index (χ2n) is 8.74. The number of amides is 2. The van der Waals surface area contributed by atoms with E-state index in [2.05, 4.69) is 10.3 Å². The van der Waals surface area contributed by atoms with Crippen LogP contribution in [0.2, 0.25) is 0 Å². The van der Waals surface area contributed by atoms with Gasteiger partial charge in [0, 0.05) is 29.4 Å². The molecule has 0 saturated heterocycles. The van der Waals surface area contributed by atoms with Gasteiger partial charge in [0.25, 0.3) is 5.91 Å². The quantitative estimate of drug-likeness (QED) is 0.761. The van der Waals surface area contributed by atoms with E-state index in [0.717, 1.165) is 12.8 Å². The van der Waals surface area contributed by atoms with Gasteiger partial charge in [0.2, 0.25) is 0 Å². The lowest BCUT2D eigenvalue weighted by Crippen LogP contribution is -2.53. The van der Waals surface area contributed by atoms with Crippen molar-refractivity contribution in [2.45, 2.75) is 64.1 Å². The lowest BCUT2D eigenvalue weighted by molar-refractivity contribution is 0.0520. The first-order valence-corrected chi connectivity index (χ1v) is 10.2. The first kappa shape index (κ1) is 21.7. The number of hydrogen-bond donors (Lipinski definition) is 2. The third-order valence-electron chi connectivity index (χ3n) is 5.47. The molecule has 6 nitrogen and oxygen atoms in total. The number of halogens is 1. The standard InChI is InChI=1S/C23H28FN3O3/c1-23(2,3)27(22(29)30)19-10-8-18(9-11-19)26-21(28)16-7-12-20(25-14-16)15-5-4-6-17(24)13-15/h4-7,12-14,18-19H,8-11H2,1-3H3,(H,26,28)(H,29,30)/t18-,19+. The van der Waals surface area contributed by atoms with Crippen LogP contribution >= 0.6 is 0 Å². The van der Waals surface area contributed by atoms with Crippen LogP contribution in [0.1, 0.15) is 56.8 Å². The van der Waals surface area contributed by atoms with Gasteiger partial charge in [0.15, 0.2) is 0 Å². The van der Waals surface area contributed by atoms with Crippen LogP contribution in [0, 0.1) is 5.82 Å². The SMILES string of the molecule is CC(C)(C)N(C(=O)O)[C@H]1CC[C@@H](NC(=O)c2ccc(-c3cccc(F)c3)nc2)CC1. The predicted octanol–water partition coefficient (Wildman–Crippen LogP) is 4.71. The summed E-state index contributed by atoms with van der Waals surface area (Å²) >= 11 is 0. The normalized spacial score (nSPS) is 19.2. The highest BCUT2D eigenvalue weighted by Gasteiger charge is 2.35. The molecule has 0 bridgehead atoms. The van der Waals surface area contributed by atoms with Crippen LogP contribution in [-0.4, -0.2) is 44.6 Å². The van der Waals surface area contributed by atoms with E-state index in [9.17, 15) is 19.1 Å². The minimum Gasteiger partial charge on any atom is -0.465 e. The molecule has 30 heavy (non-hydrogen) atoms. The monoisotopic (exact) mass is 413 g/mol. The fourth-order valence-electron chi connectivity index (χ4n) is 4.08. The van der Waals surface area contributed by atoms with E-state index in [1.54, 1.807) is 24.3 Å². The van der Waals surface area contributed by atoms with Crippen molar-refractivity contribution in [2.24, 2.45) is 0 Å². The Kier molecular flexibility index (Phi) is 6.39. The summed E-state index contributed by atoms with van der Waals surface area (Å²) < 4.78 is 13.4. The van der Waals surface area contributed by atoms with Crippen LogP contribution in [-0.2, 0) is 0 Å². The molecule has 160 valence electrons. The lowest BCUT2D eigenvalue weighted by Gasteiger charge is -2.42. The fourth-order valence-corrected chi connectivity index (χ4v) is 4.08. The molecule has 0 aliphatic heterocycles. The summed E-state index contributed by atoms with van der Waals surface area (Å²) in [6.07, 6.45) is 3.47. The Balaban J connectivity index is 1.58. The van der Waals surface area contributed by atoms with Crippen molar-refractivity contribution in [3.8, 4) is 11.3 Å². The minimum atomic E-state index is -0.903. The van der Waals surface area contributed by atoms with Gasteiger partial charge in [-0.1, -0.05) is 12.1 Å². The molecular formula is C23H28FN3O3. The van der Waals surface area contributed by atoms with Gasteiger partial charge in [-0.05, 0) is 70.7 Å². The van der Waals surface area contributed by atoms with Gasteiger partial charge < -0.3 is 15.3 Å². The molecule has 2 aromatic rings. The van der Waals surface area contributed by atoms with Crippen molar-refractivity contribution in [3.05, 3.63) is 54.0 Å². The molecule has 0 atom stereocenters. The zero-order valence-electron chi connectivity index (χ0n) is 17.6. The molecule has 1 aromatic carbocycles. The molecule has 1 fully saturated rings. The average Bonchev–Trinajstić information content (AvgIpc) is 2.68. The first-order chi connectivity index (χ1) is 14.1. The number of carbonyl (C=O) groups is 2. The lowest BCUT2D eigenvalue weighted by atomic mass is 9.88. The van der Waals surface area contributed by atoms with E-state index in [0.29, 0.717) is 29.7 Å². The number of rotatable bonds is 4. The Morgan fingerprint density at radius 1 is 1.13 bits per heavy atom. The van der Waals surface area contributed by atoms with Crippen molar-refractivity contribution >= 4 is 12.0 Å². The maximum atomic E-state index is 13.4. The molecule has 0 radical (unpaired) electrons. The Bertz CT molecular complexity index is 901. The van der Waals surface area contributed by atoms with Crippen LogP contribution in [0.5, 0.6) is 0 Å². The molecule has 3 rings (SSSR count). The summed E-state index contributed by atoms with van der Waals surface area (Å²) in [6, 6.07) is 9.51. The Morgan fingerprint density at radius 3 is 2.37 bits per heavy atom. The van der Waals surface area contributed by atoms with Crippen LogP contribution in [0.3, 0.4) is 0 Å². The zero-order chi connectivity index (χ0) is 21.9. The van der Waals surface area contributed by atoms with Crippen molar-refractivity contribution < 1.29 is 19.1 Å². The summed E-state index contributed by atoms with van der Waals surface area (Å²) in [7, 11) is 0. The summed E-state index contributed by atoms with van der Waals surface area (Å²) in [5.41, 5.74) is 1.24. The maximum absolute atomic E-state index is 13.4. The van der Waals surface area contributed by atoms with Crippen molar-refractivity contribution in [3.63, 3.8) is 0 Å². The number of aromatic nitrogens is 1. The molecule has 2 N–H and O–H groups in total. The molecule has 1 heterocycles. The topological polar surface area (TPSA) is 82.5 Å². The number of nitrogens with zero attached hydrogens (tertiary/aromatic N) is 2. The highest BCUT2D eigenvalue weighted by Crippen LogP contribution is 2.29. The van der Waals surface area contributed by atoms with E-state index < -0.39 is 11.6 Å². The van der Waals surface area contributed by atoms with Crippen LogP contribution in [0.25, 0.3) is 11.3 Å². The van der Waals surface area contributed by atoms with E-state index in [1.165, 1.54) is 23.2 Å². The first-order valence-electron chi connectivity index (χ1n) is 10.2. The van der Waals surface area contributed by atoms with Gasteiger partial charge in [0.05, 0.1) is 11.3 Å². The smallest absolute Gasteiger partial charge is 0.407 e. The van der Waals surface area contributed by atoms with Crippen LogP contribution in [0.4, 0.5) is 9.18 Å². The highest BCUT2D eigenvalue weighted by molar-refractivity contribution is 5.94. The number of benzene rings is 1. The second kappa shape index (κ2) is 8.81. The van der Waals surface area contributed by atoms with Crippen LogP contribution in [0.15, 0.2) is 42.6 Å². The van der Waals surface area contributed by atoms with Crippen molar-refractivity contribution in [1.82, 2.24) is 15.2 Å². The van der Waals surface area contributed by atoms with Gasteiger partial charge in [-0.2, -0.15) is 0 Å². The Morgan fingerprint density at radius 2 is 1.83 bits per heavy atom. The maximum Gasteiger partial charge on any atom is 0.407 e. The second-order valence-corrected chi connectivity index (χ2v) is 8.74. The molecular weight excluding hydrogens is 385 g/mol. The third-order valence-corrected chi connectivity index (χ3v) is 5.47. The number of pyridine rings is 1. The fraction of sp³-hybridized carbons (Fsp3) is 0.435. The molecule has 0 spiro atoms. The number of nitrogens with one attached hydrogen (secondary N) is 1. The van der Waals surface area contributed by atoms with Gasteiger partial charge in [-0.3, -0.25) is 9.78 Å². The Hall–Kier alpha value is -2.96. The van der Waals surface area contributed by atoms with Crippen molar-refractivity contribution in [2.75, 3.05) is 0 Å². The van der Waals surface area contributed by atoms with Gasteiger partial charge in [-0.25, -0.2) is 9.18 Å². The largest absolute Gasteiger partial charge is 0.465 e. The van der Waals surface area contributed by atoms with Gasteiger partial charge >= 0.3 is 6.09 Å². The number of carbonyl (C=O) groups excluding carboxylic acids is 1. The summed E-state index contributed by atoms with van der Waals surface area (Å²) in [5, 5.41) is 12.6. The van der Waals surface area contributed by atoms with Gasteiger partial charge in [0.1, 0.15) is 5.82 Å². The number of carboxylic acid groups (broad SMARTS) is 1. The molecule has 2 amide bonds. The molecule has 0 unspecified atom stereocenters. The summed E-state index contributed by atoms with van der Waals surface area (Å²) in [4.78, 5) is 30.1. The van der Waals surface area contributed by atoms with E-state index in [1.807, 2.05) is 20.8 Å². The molecule has 1 aliphatic carbocycles. The van der Waals surface area contributed by atoms with E-state index in [4.69, 9.17) is 0 Å². The highest BCUT2D eigenvalue weighted by atomic mass is 19.1. The van der Waals surface area contributed by atoms with Crippen molar-refractivity contribution in [1.29, 1.82) is 0 Å². The minimum absolute atomic E-state index is 0.00672. The molecule has 7 heteroatoms. The average molecular weight is 413 g/mol. The predicted molar refractivity (Wildman–Crippen MR) is 113 cm³/mol. The molecule has 1 aromatic heterocycles. The third kappa shape index (κ3) is 5.14. The zero-order valence-corrected chi connectivity index (χ0v) is 17.6. The summed E-state index contributed by atoms with van der Waals surface area (Å²) in [6.45, 7) is 5.69. The number of hydrogen-bond acceptors (Lipinski definition) is 3. The molecule has 1 aliphatic rings. The van der Waals surface area contributed by atoms with Gasteiger partial charge in [-0.15, -0.1) is 0 Å².